The fraction of sp³-hybridized carbons (Fsp3) is 0.381. The standard InChI is InChI=1S/C21H23FN2O5/c1-3-16(17(25)9-14(10-19(27)28)18(26)11-22)20-13(2)12-23-24(21(20)29)15-7-5-4-6-8-15/h4-8,12,14,16H,3,9-11H2,1-2H3,(H,27,28). The quantitative estimate of drug-likeness (QED) is 0.655. The minimum absolute atomic E-state index is 0.248. The van der Waals surface area contributed by atoms with Gasteiger partial charge in [-0.15, -0.1) is 0 Å². The largest absolute Gasteiger partial charge is 0.481 e. The van der Waals surface area contributed by atoms with Crippen molar-refractivity contribution in [2.24, 2.45) is 5.92 Å². The Kier molecular flexibility index (Phi) is 7.52. The van der Waals surface area contributed by atoms with Crippen molar-refractivity contribution < 1.29 is 23.9 Å². The van der Waals surface area contributed by atoms with Gasteiger partial charge in [-0.25, -0.2) is 4.39 Å². The monoisotopic (exact) mass is 402 g/mol. The maximum absolute atomic E-state index is 13.1. The van der Waals surface area contributed by atoms with Gasteiger partial charge in [-0.2, -0.15) is 9.78 Å². The summed E-state index contributed by atoms with van der Waals surface area (Å²) >= 11 is 0. The average Bonchev–Trinajstić information content (AvgIpc) is 2.70. The highest BCUT2D eigenvalue weighted by molar-refractivity contribution is 5.93. The molecular weight excluding hydrogens is 379 g/mol. The lowest BCUT2D eigenvalue weighted by Crippen LogP contribution is -2.32. The summed E-state index contributed by atoms with van der Waals surface area (Å²) in [6.07, 6.45) is 0.701. The fourth-order valence-corrected chi connectivity index (χ4v) is 3.32. The summed E-state index contributed by atoms with van der Waals surface area (Å²) in [5.74, 6) is -4.78. The van der Waals surface area contributed by atoms with Crippen molar-refractivity contribution in [3.8, 4) is 5.69 Å². The first-order valence-electron chi connectivity index (χ1n) is 9.27. The van der Waals surface area contributed by atoms with Crippen molar-refractivity contribution in [3.63, 3.8) is 0 Å². The second-order valence-corrected chi connectivity index (χ2v) is 6.82. The molecule has 1 aromatic heterocycles. The summed E-state index contributed by atoms with van der Waals surface area (Å²) in [6.45, 7) is 2.05. The molecule has 0 saturated heterocycles. The number of ketones is 2. The van der Waals surface area contributed by atoms with Gasteiger partial charge in [0.25, 0.3) is 5.56 Å². The number of rotatable bonds is 10. The minimum atomic E-state index is -1.34. The number of para-hydroxylation sites is 1. The molecule has 0 aliphatic carbocycles. The van der Waals surface area contributed by atoms with Gasteiger partial charge in [-0.05, 0) is 31.0 Å². The summed E-state index contributed by atoms with van der Waals surface area (Å²) in [5, 5.41) is 13.1. The zero-order valence-electron chi connectivity index (χ0n) is 16.3. The Labute approximate surface area is 167 Å². The molecule has 8 heteroatoms. The highest BCUT2D eigenvalue weighted by Gasteiger charge is 2.30. The van der Waals surface area contributed by atoms with E-state index in [4.69, 9.17) is 5.11 Å². The van der Waals surface area contributed by atoms with E-state index >= 15 is 0 Å². The van der Waals surface area contributed by atoms with Crippen LogP contribution < -0.4 is 5.56 Å². The van der Waals surface area contributed by atoms with E-state index in [1.54, 1.807) is 44.2 Å². The van der Waals surface area contributed by atoms with Gasteiger partial charge in [-0.3, -0.25) is 19.2 Å². The number of carbonyl (C=O) groups is 3. The molecule has 7 nitrogen and oxygen atoms in total. The topological polar surface area (TPSA) is 106 Å². The van der Waals surface area contributed by atoms with Crippen LogP contribution >= 0.6 is 0 Å². The molecule has 1 aromatic carbocycles. The first-order valence-corrected chi connectivity index (χ1v) is 9.27. The molecule has 0 radical (unpaired) electrons. The van der Waals surface area contributed by atoms with Gasteiger partial charge in [0.05, 0.1) is 18.3 Å². The normalized spacial score (nSPS) is 12.9. The van der Waals surface area contributed by atoms with Crippen molar-refractivity contribution in [1.29, 1.82) is 0 Å². The number of alkyl halides is 1. The molecule has 29 heavy (non-hydrogen) atoms. The number of aromatic nitrogens is 2. The number of benzene rings is 1. The van der Waals surface area contributed by atoms with Crippen molar-refractivity contribution in [2.75, 3.05) is 6.67 Å². The van der Waals surface area contributed by atoms with E-state index in [9.17, 15) is 23.6 Å². The fourth-order valence-electron chi connectivity index (χ4n) is 3.32. The number of carboxylic acids is 1. The Morgan fingerprint density at radius 1 is 1.14 bits per heavy atom. The van der Waals surface area contributed by atoms with Gasteiger partial charge in [0.1, 0.15) is 12.5 Å². The number of hydrogen-bond acceptors (Lipinski definition) is 5. The van der Waals surface area contributed by atoms with E-state index in [1.165, 1.54) is 10.9 Å². The number of Topliss-reactive ketones (excluding diaryl/α,β-unsaturated/α-hetero) is 2. The summed E-state index contributed by atoms with van der Waals surface area (Å²) in [7, 11) is 0. The molecule has 2 aromatic rings. The second kappa shape index (κ2) is 9.86. The van der Waals surface area contributed by atoms with E-state index in [0.717, 1.165) is 0 Å². The third-order valence-corrected chi connectivity index (χ3v) is 4.82. The number of nitrogens with zero attached hydrogens (tertiary/aromatic N) is 2. The van der Waals surface area contributed by atoms with E-state index in [-0.39, 0.29) is 12.0 Å². The van der Waals surface area contributed by atoms with Crippen molar-refractivity contribution in [2.45, 2.75) is 39.0 Å². The van der Waals surface area contributed by atoms with Crippen LogP contribution in [0.15, 0.2) is 41.3 Å². The summed E-state index contributed by atoms with van der Waals surface area (Å²) in [5.41, 5.74) is 0.854. The number of halogens is 1. The molecule has 0 saturated carbocycles. The Bertz CT molecular complexity index is 955. The predicted molar refractivity (Wildman–Crippen MR) is 104 cm³/mol. The van der Waals surface area contributed by atoms with E-state index < -0.39 is 54.4 Å². The molecule has 0 amide bonds. The molecule has 1 N–H and O–H groups in total. The van der Waals surface area contributed by atoms with Crippen LogP contribution in [-0.2, 0) is 14.4 Å². The van der Waals surface area contributed by atoms with Crippen molar-refractivity contribution in [3.05, 3.63) is 58.0 Å². The molecule has 0 spiro atoms. The van der Waals surface area contributed by atoms with Gasteiger partial charge in [0, 0.05) is 23.8 Å². The van der Waals surface area contributed by atoms with Crippen LogP contribution in [0.2, 0.25) is 0 Å². The number of carboxylic acid groups (broad SMARTS) is 1. The maximum atomic E-state index is 13.1. The Hall–Kier alpha value is -3.16. The number of carbonyl (C=O) groups excluding carboxylic acids is 2. The van der Waals surface area contributed by atoms with Crippen LogP contribution in [0.1, 0.15) is 43.2 Å². The zero-order chi connectivity index (χ0) is 21.6. The van der Waals surface area contributed by atoms with E-state index in [2.05, 4.69) is 5.10 Å². The highest BCUT2D eigenvalue weighted by atomic mass is 19.1. The third kappa shape index (κ3) is 5.22. The van der Waals surface area contributed by atoms with Crippen LogP contribution in [0.3, 0.4) is 0 Å². The predicted octanol–water partition coefficient (Wildman–Crippen LogP) is 2.62. The summed E-state index contributed by atoms with van der Waals surface area (Å²) < 4.78 is 14.0. The average molecular weight is 402 g/mol. The van der Waals surface area contributed by atoms with Gasteiger partial charge in [0.15, 0.2) is 5.78 Å². The third-order valence-electron chi connectivity index (χ3n) is 4.82. The van der Waals surface area contributed by atoms with Crippen LogP contribution in [0.5, 0.6) is 0 Å². The van der Waals surface area contributed by atoms with Crippen LogP contribution in [0.4, 0.5) is 4.39 Å². The zero-order valence-corrected chi connectivity index (χ0v) is 16.3. The molecule has 0 aliphatic rings. The smallest absolute Gasteiger partial charge is 0.304 e. The Morgan fingerprint density at radius 3 is 2.34 bits per heavy atom. The van der Waals surface area contributed by atoms with E-state index in [1.807, 2.05) is 0 Å². The molecule has 1 heterocycles. The lowest BCUT2D eigenvalue weighted by atomic mass is 9.84. The molecule has 2 atom stereocenters. The maximum Gasteiger partial charge on any atom is 0.304 e. The molecule has 154 valence electrons. The van der Waals surface area contributed by atoms with Crippen LogP contribution in [0.25, 0.3) is 5.69 Å². The molecular formula is C21H23FN2O5. The summed E-state index contributed by atoms with van der Waals surface area (Å²) in [4.78, 5) is 48.7. The van der Waals surface area contributed by atoms with Crippen LogP contribution in [-0.4, -0.2) is 39.1 Å². The van der Waals surface area contributed by atoms with Gasteiger partial charge in [0.2, 0.25) is 0 Å². The van der Waals surface area contributed by atoms with Gasteiger partial charge < -0.3 is 5.11 Å². The van der Waals surface area contributed by atoms with Crippen molar-refractivity contribution in [1.82, 2.24) is 9.78 Å². The van der Waals surface area contributed by atoms with E-state index in [0.29, 0.717) is 11.3 Å². The van der Waals surface area contributed by atoms with Crippen LogP contribution in [0, 0.1) is 12.8 Å². The number of aliphatic carboxylic acids is 1. The minimum Gasteiger partial charge on any atom is -0.481 e. The SMILES string of the molecule is CCC(C(=O)CC(CC(=O)O)C(=O)CF)c1c(C)cnn(-c2ccccc2)c1=O. The van der Waals surface area contributed by atoms with Gasteiger partial charge in [-0.1, -0.05) is 25.1 Å². The summed E-state index contributed by atoms with van der Waals surface area (Å²) in [6, 6.07) is 8.72. The molecule has 0 aliphatic heterocycles. The molecule has 2 unspecified atom stereocenters. The molecule has 0 fully saturated rings. The van der Waals surface area contributed by atoms with Crippen molar-refractivity contribution >= 4 is 17.5 Å². The first kappa shape index (κ1) is 22.1. The Morgan fingerprint density at radius 2 is 1.79 bits per heavy atom. The lowest BCUT2D eigenvalue weighted by Gasteiger charge is -2.19. The van der Waals surface area contributed by atoms with Gasteiger partial charge >= 0.3 is 5.97 Å². The lowest BCUT2D eigenvalue weighted by molar-refractivity contribution is -0.141. The molecule has 2 rings (SSSR count). The number of aryl methyl sites for hydroxylation is 1. The highest BCUT2D eigenvalue weighted by Crippen LogP contribution is 2.25. The second-order valence-electron chi connectivity index (χ2n) is 6.82. The molecule has 0 bridgehead atoms. The first-order chi connectivity index (χ1) is 13.8. The Balaban J connectivity index is 2.42. The number of hydrogen-bond donors (Lipinski definition) is 1.